The summed E-state index contributed by atoms with van der Waals surface area (Å²) >= 11 is 0. The molecular formula is C22H46O11. The molecule has 0 fully saturated rings. The van der Waals surface area contributed by atoms with Crippen LogP contribution in [0.25, 0.3) is 0 Å². The smallest absolute Gasteiger partial charge is 0.183 e. The van der Waals surface area contributed by atoms with Crippen molar-refractivity contribution in [3.05, 3.63) is 0 Å². The summed E-state index contributed by atoms with van der Waals surface area (Å²) in [4.78, 5) is 0. The van der Waals surface area contributed by atoms with Crippen molar-refractivity contribution in [2.24, 2.45) is 0 Å². The summed E-state index contributed by atoms with van der Waals surface area (Å²) in [5, 5.41) is 96.9. The van der Waals surface area contributed by atoms with Crippen LogP contribution in [0.2, 0.25) is 0 Å². The van der Waals surface area contributed by atoms with E-state index in [1.165, 1.54) is 38.5 Å². The van der Waals surface area contributed by atoms with E-state index >= 15 is 0 Å². The predicted molar refractivity (Wildman–Crippen MR) is 119 cm³/mol. The molecule has 11 heteroatoms. The average Bonchev–Trinajstić information content (AvgIpc) is 2.83. The number of hydrogen-bond acceptors (Lipinski definition) is 11. The number of ether oxygens (including phenoxy) is 1. The fourth-order valence-electron chi connectivity index (χ4n) is 3.41. The Hall–Kier alpha value is -0.440. The molecule has 0 amide bonds. The summed E-state index contributed by atoms with van der Waals surface area (Å²) in [5.74, 6) is 0. The number of hydrogen-bond donors (Lipinski definition) is 10. The second kappa shape index (κ2) is 18.8. The van der Waals surface area contributed by atoms with Crippen molar-refractivity contribution < 1.29 is 55.8 Å². The summed E-state index contributed by atoms with van der Waals surface area (Å²) in [5.41, 5.74) is 0. The Bertz CT molecular complexity index is 456. The molecule has 0 aromatic carbocycles. The van der Waals surface area contributed by atoms with Crippen LogP contribution in [0.3, 0.4) is 0 Å². The highest BCUT2D eigenvalue weighted by Crippen LogP contribution is 2.16. The van der Waals surface area contributed by atoms with Gasteiger partial charge < -0.3 is 55.8 Å². The van der Waals surface area contributed by atoms with Gasteiger partial charge in [0.05, 0.1) is 6.61 Å². The van der Waals surface area contributed by atoms with Gasteiger partial charge in [-0.2, -0.15) is 0 Å². The largest absolute Gasteiger partial charge is 0.394 e. The summed E-state index contributed by atoms with van der Waals surface area (Å²) in [6.45, 7) is 1.35. The van der Waals surface area contributed by atoms with Crippen LogP contribution in [0.4, 0.5) is 0 Å². The highest BCUT2D eigenvalue weighted by atomic mass is 16.6. The van der Waals surface area contributed by atoms with Crippen LogP contribution in [0.5, 0.6) is 0 Å². The molecule has 0 rings (SSSR count). The Balaban J connectivity index is 4.23. The topological polar surface area (TPSA) is 212 Å². The zero-order valence-corrected chi connectivity index (χ0v) is 19.6. The maximum absolute atomic E-state index is 9.98. The molecule has 0 spiro atoms. The molecule has 0 saturated heterocycles. The third-order valence-corrected chi connectivity index (χ3v) is 5.76. The van der Waals surface area contributed by atoms with Crippen LogP contribution in [-0.2, 0) is 4.74 Å². The summed E-state index contributed by atoms with van der Waals surface area (Å²) in [7, 11) is 0. The SMILES string of the molecule is CCCCCCCCCCCCOC(O)C(O)C(O)C(O)C(O)C(O)C(O)C(O)C(O)CO. The Kier molecular flexibility index (Phi) is 18.6. The van der Waals surface area contributed by atoms with Gasteiger partial charge >= 0.3 is 0 Å². The lowest BCUT2D eigenvalue weighted by Gasteiger charge is -2.34. The normalized spacial score (nSPS) is 20.5. The second-order valence-electron chi connectivity index (χ2n) is 8.63. The molecule has 9 atom stereocenters. The minimum Gasteiger partial charge on any atom is -0.394 e. The lowest BCUT2D eigenvalue weighted by molar-refractivity contribution is -0.222. The van der Waals surface area contributed by atoms with E-state index in [1.807, 2.05) is 0 Å². The first-order valence-corrected chi connectivity index (χ1v) is 11.9. The van der Waals surface area contributed by atoms with Gasteiger partial charge in [-0.25, -0.2) is 0 Å². The van der Waals surface area contributed by atoms with Crippen molar-refractivity contribution in [3.8, 4) is 0 Å². The van der Waals surface area contributed by atoms with Crippen molar-refractivity contribution in [2.45, 2.75) is 126 Å². The molecule has 0 aliphatic heterocycles. The Morgan fingerprint density at radius 3 is 1.27 bits per heavy atom. The fraction of sp³-hybridized carbons (Fsp3) is 1.00. The van der Waals surface area contributed by atoms with E-state index in [2.05, 4.69) is 6.92 Å². The van der Waals surface area contributed by atoms with Crippen LogP contribution in [0, 0.1) is 0 Å². The lowest BCUT2D eigenvalue weighted by atomic mass is 9.93. The van der Waals surface area contributed by atoms with Crippen molar-refractivity contribution in [1.29, 1.82) is 0 Å². The third kappa shape index (κ3) is 12.7. The maximum Gasteiger partial charge on any atom is 0.183 e. The van der Waals surface area contributed by atoms with E-state index in [1.54, 1.807) is 0 Å². The monoisotopic (exact) mass is 486 g/mol. The molecule has 33 heavy (non-hydrogen) atoms. The first kappa shape index (κ1) is 32.6. The van der Waals surface area contributed by atoms with Gasteiger partial charge in [0, 0.05) is 6.61 Å². The van der Waals surface area contributed by atoms with Crippen LogP contribution in [-0.4, -0.2) is 119 Å². The van der Waals surface area contributed by atoms with Crippen LogP contribution < -0.4 is 0 Å². The van der Waals surface area contributed by atoms with Crippen molar-refractivity contribution in [3.63, 3.8) is 0 Å². The van der Waals surface area contributed by atoms with Gasteiger partial charge in [0.25, 0.3) is 0 Å². The van der Waals surface area contributed by atoms with Crippen LogP contribution >= 0.6 is 0 Å². The molecule has 200 valence electrons. The molecule has 9 unspecified atom stereocenters. The van der Waals surface area contributed by atoms with Crippen LogP contribution in [0.15, 0.2) is 0 Å². The highest BCUT2D eigenvalue weighted by molar-refractivity contribution is 4.91. The zero-order chi connectivity index (χ0) is 25.4. The molecule has 0 radical (unpaired) electrons. The van der Waals surface area contributed by atoms with Gasteiger partial charge in [-0.1, -0.05) is 64.7 Å². The number of rotatable bonds is 21. The number of unbranched alkanes of at least 4 members (excludes halogenated alkanes) is 9. The second-order valence-corrected chi connectivity index (χ2v) is 8.63. The average molecular weight is 487 g/mol. The molecule has 0 aliphatic rings. The molecule has 0 aromatic heterocycles. The van der Waals surface area contributed by atoms with Gasteiger partial charge in [0.2, 0.25) is 0 Å². The van der Waals surface area contributed by atoms with Crippen LogP contribution in [0.1, 0.15) is 71.1 Å². The molecule has 0 saturated carbocycles. The molecule has 0 heterocycles. The van der Waals surface area contributed by atoms with E-state index in [-0.39, 0.29) is 6.61 Å². The predicted octanol–water partition coefficient (Wildman–Crippen LogP) is -1.88. The van der Waals surface area contributed by atoms with Gasteiger partial charge in [0.1, 0.15) is 48.8 Å². The van der Waals surface area contributed by atoms with Gasteiger partial charge in [-0.15, -0.1) is 0 Å². The van der Waals surface area contributed by atoms with E-state index in [9.17, 15) is 46.0 Å². The first-order chi connectivity index (χ1) is 15.6. The molecule has 10 N–H and O–H groups in total. The minimum absolute atomic E-state index is 0.104. The molecular weight excluding hydrogens is 440 g/mol. The lowest BCUT2D eigenvalue weighted by Crippen LogP contribution is -2.57. The molecule has 0 aliphatic carbocycles. The number of aliphatic hydroxyl groups excluding tert-OH is 10. The summed E-state index contributed by atoms with van der Waals surface area (Å²) < 4.78 is 5.06. The van der Waals surface area contributed by atoms with Crippen molar-refractivity contribution in [1.82, 2.24) is 0 Å². The Morgan fingerprint density at radius 2 is 0.848 bits per heavy atom. The van der Waals surface area contributed by atoms with Crippen molar-refractivity contribution >= 4 is 0 Å². The Morgan fingerprint density at radius 1 is 0.485 bits per heavy atom. The molecule has 0 aromatic rings. The van der Waals surface area contributed by atoms with E-state index in [0.717, 1.165) is 19.3 Å². The summed E-state index contributed by atoms with van der Waals surface area (Å²) in [6, 6.07) is 0. The minimum atomic E-state index is -2.26. The Labute approximate surface area is 195 Å². The third-order valence-electron chi connectivity index (χ3n) is 5.76. The number of aliphatic hydroxyl groups is 10. The van der Waals surface area contributed by atoms with Gasteiger partial charge in [-0.05, 0) is 6.42 Å². The van der Waals surface area contributed by atoms with Crippen molar-refractivity contribution in [2.75, 3.05) is 13.2 Å². The van der Waals surface area contributed by atoms with Gasteiger partial charge in [-0.3, -0.25) is 0 Å². The van der Waals surface area contributed by atoms with E-state index < -0.39 is 61.7 Å². The zero-order valence-electron chi connectivity index (χ0n) is 19.6. The quantitative estimate of drug-likeness (QED) is 0.0640. The standard InChI is InChI=1S/C22H46O11/c1-2-3-4-5-6-7-8-9-10-11-12-33-22(32)21(31)20(30)19(29)18(28)17(27)16(26)15(25)14(24)13-23/h14-32H,2-13H2,1H3. The van der Waals surface area contributed by atoms with E-state index in [0.29, 0.717) is 6.42 Å². The fourth-order valence-corrected chi connectivity index (χ4v) is 3.41. The molecule has 11 nitrogen and oxygen atoms in total. The molecule has 0 bridgehead atoms. The highest BCUT2D eigenvalue weighted by Gasteiger charge is 2.42. The first-order valence-electron chi connectivity index (χ1n) is 11.9. The van der Waals surface area contributed by atoms with E-state index in [4.69, 9.17) is 9.84 Å². The summed E-state index contributed by atoms with van der Waals surface area (Å²) in [6.07, 6.45) is -7.83. The van der Waals surface area contributed by atoms with Gasteiger partial charge in [0.15, 0.2) is 6.29 Å². The maximum atomic E-state index is 9.98.